The van der Waals surface area contributed by atoms with Gasteiger partial charge in [0.2, 0.25) is 0 Å². The van der Waals surface area contributed by atoms with Gasteiger partial charge in [0.1, 0.15) is 5.82 Å². The Morgan fingerprint density at radius 3 is 2.74 bits per heavy atom. The molecule has 7 heteroatoms. The Bertz CT molecular complexity index is 880. The highest BCUT2D eigenvalue weighted by Crippen LogP contribution is 2.33. The van der Waals surface area contributed by atoms with Crippen molar-refractivity contribution in [2.75, 3.05) is 23.1 Å². The molecular formula is C20H21ClN4S2. The van der Waals surface area contributed by atoms with Crippen molar-refractivity contribution in [3.8, 4) is 0 Å². The average Bonchev–Trinajstić information content (AvgIpc) is 3.15. The summed E-state index contributed by atoms with van der Waals surface area (Å²) in [7, 11) is 0. The van der Waals surface area contributed by atoms with Gasteiger partial charge in [0, 0.05) is 29.9 Å². The summed E-state index contributed by atoms with van der Waals surface area (Å²) >= 11 is 9.60. The largest absolute Gasteiger partial charge is 0.376 e. The Morgan fingerprint density at radius 2 is 2.04 bits per heavy atom. The third-order valence-corrected chi connectivity index (χ3v) is 6.18. The van der Waals surface area contributed by atoms with Crippen LogP contribution in [0.5, 0.6) is 0 Å². The van der Waals surface area contributed by atoms with Crippen LogP contribution in [0, 0.1) is 0 Å². The number of hydrogen-bond donors (Lipinski definition) is 2. The van der Waals surface area contributed by atoms with Gasteiger partial charge in [-0.1, -0.05) is 41.9 Å². The fourth-order valence-electron chi connectivity index (χ4n) is 3.33. The van der Waals surface area contributed by atoms with Crippen LogP contribution in [0.15, 0.2) is 64.3 Å². The van der Waals surface area contributed by atoms with Crippen molar-refractivity contribution in [2.45, 2.75) is 23.9 Å². The second kappa shape index (κ2) is 8.10. The summed E-state index contributed by atoms with van der Waals surface area (Å²) in [5.74, 6) is 0.865. The van der Waals surface area contributed by atoms with Crippen molar-refractivity contribution in [2.24, 2.45) is 0 Å². The molecule has 0 spiro atoms. The van der Waals surface area contributed by atoms with E-state index in [9.17, 15) is 0 Å². The Kier molecular flexibility index (Phi) is 5.59. The fourth-order valence-corrected chi connectivity index (χ4v) is 4.83. The molecule has 0 saturated carbocycles. The van der Waals surface area contributed by atoms with Gasteiger partial charge >= 0.3 is 0 Å². The molecule has 1 aliphatic heterocycles. The summed E-state index contributed by atoms with van der Waals surface area (Å²) in [4.78, 5) is 7.71. The highest BCUT2D eigenvalue weighted by atomic mass is 35.5. The maximum absolute atomic E-state index is 6.51. The maximum atomic E-state index is 6.51. The molecule has 4 nitrogen and oxygen atoms in total. The van der Waals surface area contributed by atoms with Crippen molar-refractivity contribution < 1.29 is 0 Å². The van der Waals surface area contributed by atoms with Gasteiger partial charge in [0.15, 0.2) is 0 Å². The van der Waals surface area contributed by atoms with Crippen LogP contribution in [0.3, 0.4) is 0 Å². The van der Waals surface area contributed by atoms with E-state index in [1.54, 1.807) is 11.3 Å². The second-order valence-electron chi connectivity index (χ2n) is 7.04. The standard InChI is InChI=1S/C20H21ClN4S2/c1-20(12-25(13-20)10-15-5-3-2-4-6-15)23-18-8-7-16(9-17(18)21)27-24-19-11-26-14-22-19/h2-9,11,14,23-24H,10,12-13H2,1H3. The third-order valence-electron chi connectivity index (χ3n) is 4.48. The minimum Gasteiger partial charge on any atom is -0.376 e. The first kappa shape index (κ1) is 18.6. The van der Waals surface area contributed by atoms with Crippen LogP contribution >= 0.6 is 34.9 Å². The molecule has 27 heavy (non-hydrogen) atoms. The zero-order chi connectivity index (χ0) is 18.7. The molecule has 0 radical (unpaired) electrons. The topological polar surface area (TPSA) is 40.2 Å². The molecule has 4 rings (SSSR count). The quantitative estimate of drug-likeness (QED) is 0.490. The smallest absolute Gasteiger partial charge is 0.147 e. The average molecular weight is 417 g/mol. The van der Waals surface area contributed by atoms with E-state index in [0.29, 0.717) is 0 Å². The highest BCUT2D eigenvalue weighted by Gasteiger charge is 2.38. The molecule has 0 aliphatic carbocycles. The van der Waals surface area contributed by atoms with E-state index in [1.807, 2.05) is 17.0 Å². The van der Waals surface area contributed by atoms with Crippen molar-refractivity contribution in [3.05, 3.63) is 70.0 Å². The van der Waals surface area contributed by atoms with Crippen molar-refractivity contribution in [1.82, 2.24) is 9.88 Å². The maximum Gasteiger partial charge on any atom is 0.147 e. The second-order valence-corrected chi connectivity index (χ2v) is 9.04. The molecule has 0 amide bonds. The lowest BCUT2D eigenvalue weighted by atomic mass is 9.91. The first-order valence-electron chi connectivity index (χ1n) is 8.75. The number of anilines is 2. The summed E-state index contributed by atoms with van der Waals surface area (Å²) in [5, 5.41) is 6.34. The predicted molar refractivity (Wildman–Crippen MR) is 117 cm³/mol. The van der Waals surface area contributed by atoms with Crippen molar-refractivity contribution in [3.63, 3.8) is 0 Å². The summed E-state index contributed by atoms with van der Waals surface area (Å²) in [6, 6.07) is 16.7. The number of aromatic nitrogens is 1. The number of rotatable bonds is 7. The number of hydrogen-bond acceptors (Lipinski definition) is 6. The zero-order valence-electron chi connectivity index (χ0n) is 15.0. The monoisotopic (exact) mass is 416 g/mol. The van der Waals surface area contributed by atoms with Gasteiger partial charge < -0.3 is 10.0 Å². The Hall–Kier alpha value is -1.73. The number of halogens is 1. The van der Waals surface area contributed by atoms with E-state index in [0.717, 1.165) is 41.1 Å². The molecule has 1 fully saturated rings. The third kappa shape index (κ3) is 4.76. The van der Waals surface area contributed by atoms with E-state index in [4.69, 9.17) is 11.6 Å². The fraction of sp³-hybridized carbons (Fsp3) is 0.250. The number of thiazole rings is 1. The number of nitrogens with zero attached hydrogens (tertiary/aromatic N) is 2. The summed E-state index contributed by atoms with van der Waals surface area (Å²) in [6.45, 7) is 5.24. The van der Waals surface area contributed by atoms with Gasteiger partial charge in [-0.15, -0.1) is 11.3 Å². The van der Waals surface area contributed by atoms with Crippen LogP contribution in [0.25, 0.3) is 0 Å². The van der Waals surface area contributed by atoms with Crippen LogP contribution in [0.4, 0.5) is 11.5 Å². The molecule has 2 N–H and O–H groups in total. The molecule has 0 unspecified atom stereocenters. The number of nitrogens with one attached hydrogen (secondary N) is 2. The van der Waals surface area contributed by atoms with Crippen molar-refractivity contribution in [1.29, 1.82) is 0 Å². The lowest BCUT2D eigenvalue weighted by Gasteiger charge is -2.49. The first-order valence-corrected chi connectivity index (χ1v) is 10.9. The molecule has 1 saturated heterocycles. The van der Waals surface area contributed by atoms with Crippen LogP contribution in [-0.4, -0.2) is 28.5 Å². The summed E-state index contributed by atoms with van der Waals surface area (Å²) in [5.41, 5.74) is 4.19. The minimum absolute atomic E-state index is 0.0475. The van der Waals surface area contributed by atoms with E-state index >= 15 is 0 Å². The normalized spacial score (nSPS) is 15.9. The van der Waals surface area contributed by atoms with Gasteiger partial charge in [0.05, 0.1) is 21.8 Å². The molecule has 2 aromatic carbocycles. The van der Waals surface area contributed by atoms with E-state index in [1.165, 1.54) is 17.5 Å². The van der Waals surface area contributed by atoms with Crippen LogP contribution in [0.2, 0.25) is 5.02 Å². The minimum atomic E-state index is 0.0475. The Balaban J connectivity index is 1.31. The molecular weight excluding hydrogens is 396 g/mol. The number of benzene rings is 2. The van der Waals surface area contributed by atoms with E-state index in [2.05, 4.69) is 69.3 Å². The molecule has 0 bridgehead atoms. The van der Waals surface area contributed by atoms with Gasteiger partial charge in [-0.05, 0) is 42.6 Å². The van der Waals surface area contributed by atoms with E-state index < -0.39 is 0 Å². The number of likely N-dealkylation sites (tertiary alicyclic amines) is 1. The molecule has 3 aromatic rings. The molecule has 1 aliphatic rings. The molecule has 2 heterocycles. The lowest BCUT2D eigenvalue weighted by molar-refractivity contribution is 0.0906. The predicted octanol–water partition coefficient (Wildman–Crippen LogP) is 5.60. The van der Waals surface area contributed by atoms with Gasteiger partial charge in [-0.25, -0.2) is 4.98 Å². The molecule has 0 atom stereocenters. The molecule has 140 valence electrons. The molecule has 1 aromatic heterocycles. The lowest BCUT2D eigenvalue weighted by Crippen LogP contribution is -2.63. The SMILES string of the molecule is CC1(Nc2ccc(SNc3cscn3)cc2Cl)CN(Cc2ccccc2)C1. The Labute approximate surface area is 173 Å². The van der Waals surface area contributed by atoms with Gasteiger partial charge in [0.25, 0.3) is 0 Å². The Morgan fingerprint density at radius 1 is 1.22 bits per heavy atom. The van der Waals surface area contributed by atoms with Gasteiger partial charge in [-0.3, -0.25) is 4.90 Å². The summed E-state index contributed by atoms with van der Waals surface area (Å²) in [6.07, 6.45) is 0. The first-order chi connectivity index (χ1) is 13.1. The summed E-state index contributed by atoms with van der Waals surface area (Å²) < 4.78 is 3.22. The van der Waals surface area contributed by atoms with Crippen LogP contribution in [0.1, 0.15) is 12.5 Å². The van der Waals surface area contributed by atoms with Crippen LogP contribution in [-0.2, 0) is 6.54 Å². The highest BCUT2D eigenvalue weighted by molar-refractivity contribution is 8.00. The van der Waals surface area contributed by atoms with Gasteiger partial charge in [-0.2, -0.15) is 0 Å². The van der Waals surface area contributed by atoms with Crippen LogP contribution < -0.4 is 10.0 Å². The van der Waals surface area contributed by atoms with Crippen molar-refractivity contribution >= 4 is 46.4 Å². The zero-order valence-corrected chi connectivity index (χ0v) is 17.4. The van der Waals surface area contributed by atoms with E-state index in [-0.39, 0.29) is 5.54 Å².